The van der Waals surface area contributed by atoms with Crippen LogP contribution in [0.3, 0.4) is 0 Å². The number of hydrogen-bond donors (Lipinski definition) is 2. The van der Waals surface area contributed by atoms with Gasteiger partial charge in [-0.3, -0.25) is 9.59 Å². The average Bonchev–Trinajstić information content (AvgIpc) is 2.68. The lowest BCUT2D eigenvalue weighted by Crippen LogP contribution is -2.40. The van der Waals surface area contributed by atoms with Crippen molar-refractivity contribution in [1.29, 1.82) is 0 Å². The second kappa shape index (κ2) is 9.53. The lowest BCUT2D eigenvalue weighted by molar-refractivity contribution is -0.148. The Balaban J connectivity index is 1.92. The van der Waals surface area contributed by atoms with Crippen LogP contribution in [0.1, 0.15) is 18.1 Å². The van der Waals surface area contributed by atoms with E-state index in [0.29, 0.717) is 11.4 Å². The first-order valence-electron chi connectivity index (χ1n) is 8.83. The third-order valence-corrected chi connectivity index (χ3v) is 5.70. The monoisotopic (exact) mass is 420 g/mol. The number of esters is 1. The minimum atomic E-state index is -3.93. The summed E-state index contributed by atoms with van der Waals surface area (Å²) in [5.41, 5.74) is 2.41. The first-order valence-corrected chi connectivity index (χ1v) is 10.3. The van der Waals surface area contributed by atoms with Crippen LogP contribution < -0.4 is 14.8 Å². The number of hydrogen-bond acceptors (Lipinski definition) is 6. The number of para-hydroxylation sites is 1. The van der Waals surface area contributed by atoms with Gasteiger partial charge in [0.1, 0.15) is 11.8 Å². The molecule has 0 aliphatic rings. The van der Waals surface area contributed by atoms with Crippen LogP contribution in [0.5, 0.6) is 5.75 Å². The standard InChI is InChI=1S/C20H24N2O6S/c1-13-6-5-7-14(2)19(13)21-18(23)12-28-20(24)15(3)22-29(25,26)17-10-8-16(27-4)9-11-17/h5-11,15,22H,12H2,1-4H3,(H,21,23)/t15-/m0/s1. The van der Waals surface area contributed by atoms with Gasteiger partial charge in [0.15, 0.2) is 6.61 Å². The summed E-state index contributed by atoms with van der Waals surface area (Å²) in [6, 6.07) is 10.1. The molecule has 0 saturated carbocycles. The highest BCUT2D eigenvalue weighted by molar-refractivity contribution is 7.89. The number of amides is 1. The number of sulfonamides is 1. The average molecular weight is 420 g/mol. The number of carbonyl (C=O) groups excluding carboxylic acids is 2. The Morgan fingerprint density at radius 3 is 2.17 bits per heavy atom. The lowest BCUT2D eigenvalue weighted by atomic mass is 10.1. The summed E-state index contributed by atoms with van der Waals surface area (Å²) in [5.74, 6) is -0.869. The third kappa shape index (κ3) is 6.03. The van der Waals surface area contributed by atoms with Gasteiger partial charge in [0.2, 0.25) is 10.0 Å². The van der Waals surface area contributed by atoms with Crippen molar-refractivity contribution in [3.05, 3.63) is 53.6 Å². The van der Waals surface area contributed by atoms with Gasteiger partial charge < -0.3 is 14.8 Å². The minimum Gasteiger partial charge on any atom is -0.497 e. The topological polar surface area (TPSA) is 111 Å². The summed E-state index contributed by atoms with van der Waals surface area (Å²) >= 11 is 0. The SMILES string of the molecule is COc1ccc(S(=O)(=O)N[C@@H](C)C(=O)OCC(=O)Nc2c(C)cccc2C)cc1. The van der Waals surface area contributed by atoms with Crippen molar-refractivity contribution in [3.63, 3.8) is 0 Å². The van der Waals surface area contributed by atoms with Crippen LogP contribution in [0.4, 0.5) is 5.69 Å². The van der Waals surface area contributed by atoms with Crippen LogP contribution in [0, 0.1) is 13.8 Å². The third-order valence-electron chi connectivity index (χ3n) is 4.15. The smallest absolute Gasteiger partial charge is 0.324 e. The largest absolute Gasteiger partial charge is 0.497 e. The van der Waals surface area contributed by atoms with E-state index in [-0.39, 0.29) is 4.90 Å². The van der Waals surface area contributed by atoms with Crippen LogP contribution in [-0.4, -0.2) is 40.1 Å². The fourth-order valence-electron chi connectivity index (χ4n) is 2.55. The lowest BCUT2D eigenvalue weighted by Gasteiger charge is -2.15. The van der Waals surface area contributed by atoms with Gasteiger partial charge in [-0.05, 0) is 56.2 Å². The van der Waals surface area contributed by atoms with Gasteiger partial charge in [0, 0.05) is 5.69 Å². The molecule has 1 amide bonds. The Bertz CT molecular complexity index is 966. The molecule has 0 aromatic heterocycles. The van der Waals surface area contributed by atoms with E-state index in [4.69, 9.17) is 9.47 Å². The zero-order chi connectivity index (χ0) is 21.6. The molecule has 0 aliphatic heterocycles. The van der Waals surface area contributed by atoms with Crippen LogP contribution in [0.25, 0.3) is 0 Å². The fourth-order valence-corrected chi connectivity index (χ4v) is 3.74. The molecule has 0 radical (unpaired) electrons. The van der Waals surface area contributed by atoms with Crippen LogP contribution in [-0.2, 0) is 24.3 Å². The van der Waals surface area contributed by atoms with E-state index in [2.05, 4.69) is 10.0 Å². The fraction of sp³-hybridized carbons (Fsp3) is 0.300. The van der Waals surface area contributed by atoms with Crippen molar-refractivity contribution in [3.8, 4) is 5.75 Å². The van der Waals surface area contributed by atoms with Crippen molar-refractivity contribution in [2.75, 3.05) is 19.0 Å². The molecule has 1 atom stereocenters. The quantitative estimate of drug-likeness (QED) is 0.633. The van der Waals surface area contributed by atoms with Crippen LogP contribution in [0.2, 0.25) is 0 Å². The van der Waals surface area contributed by atoms with Crippen molar-refractivity contribution >= 4 is 27.6 Å². The Hall–Kier alpha value is -2.91. The second-order valence-electron chi connectivity index (χ2n) is 6.44. The maximum absolute atomic E-state index is 12.4. The van der Waals surface area contributed by atoms with Gasteiger partial charge in [-0.25, -0.2) is 8.42 Å². The predicted octanol–water partition coefficient (Wildman–Crippen LogP) is 2.16. The highest BCUT2D eigenvalue weighted by Gasteiger charge is 2.24. The Labute approximate surface area is 170 Å². The molecule has 2 rings (SSSR count). The molecule has 0 fully saturated rings. The summed E-state index contributed by atoms with van der Waals surface area (Å²) in [6.07, 6.45) is 0. The first kappa shape index (κ1) is 22.4. The number of ether oxygens (including phenoxy) is 2. The van der Waals surface area contributed by atoms with E-state index in [9.17, 15) is 18.0 Å². The summed E-state index contributed by atoms with van der Waals surface area (Å²) in [5, 5.41) is 2.69. The zero-order valence-electron chi connectivity index (χ0n) is 16.7. The van der Waals surface area contributed by atoms with Crippen molar-refractivity contribution in [1.82, 2.24) is 4.72 Å². The summed E-state index contributed by atoms with van der Waals surface area (Å²) in [4.78, 5) is 24.1. The van der Waals surface area contributed by atoms with E-state index in [1.54, 1.807) is 0 Å². The molecule has 0 saturated heterocycles. The first-order chi connectivity index (χ1) is 13.6. The Kier molecular flexibility index (Phi) is 7.35. The molecule has 0 spiro atoms. The molecule has 2 aromatic rings. The van der Waals surface area contributed by atoms with E-state index >= 15 is 0 Å². The van der Waals surface area contributed by atoms with E-state index in [1.807, 2.05) is 32.0 Å². The molecule has 2 aromatic carbocycles. The molecule has 0 bridgehead atoms. The maximum Gasteiger partial charge on any atom is 0.324 e. The van der Waals surface area contributed by atoms with Crippen LogP contribution >= 0.6 is 0 Å². The highest BCUT2D eigenvalue weighted by atomic mass is 32.2. The molecule has 29 heavy (non-hydrogen) atoms. The number of methoxy groups -OCH3 is 1. The molecule has 2 N–H and O–H groups in total. The Morgan fingerprint density at radius 1 is 1.03 bits per heavy atom. The summed E-state index contributed by atoms with van der Waals surface area (Å²) in [7, 11) is -2.47. The molecule has 0 heterocycles. The van der Waals surface area contributed by atoms with Gasteiger partial charge in [0.05, 0.1) is 12.0 Å². The molecule has 156 valence electrons. The van der Waals surface area contributed by atoms with E-state index in [1.165, 1.54) is 38.3 Å². The van der Waals surface area contributed by atoms with Gasteiger partial charge >= 0.3 is 5.97 Å². The van der Waals surface area contributed by atoms with Crippen molar-refractivity contribution in [2.24, 2.45) is 0 Å². The highest BCUT2D eigenvalue weighted by Crippen LogP contribution is 2.19. The van der Waals surface area contributed by atoms with Crippen LogP contribution in [0.15, 0.2) is 47.4 Å². The number of anilines is 1. The maximum atomic E-state index is 12.4. The number of benzene rings is 2. The van der Waals surface area contributed by atoms with Crippen molar-refractivity contribution in [2.45, 2.75) is 31.7 Å². The van der Waals surface area contributed by atoms with Gasteiger partial charge in [-0.2, -0.15) is 4.72 Å². The number of nitrogens with one attached hydrogen (secondary N) is 2. The minimum absolute atomic E-state index is 0.0225. The normalized spacial score (nSPS) is 12.1. The van der Waals surface area contributed by atoms with E-state index in [0.717, 1.165) is 11.1 Å². The Morgan fingerprint density at radius 2 is 1.62 bits per heavy atom. The number of rotatable bonds is 8. The van der Waals surface area contributed by atoms with Gasteiger partial charge in [-0.15, -0.1) is 0 Å². The number of aryl methyl sites for hydroxylation is 2. The molecule has 0 unspecified atom stereocenters. The van der Waals surface area contributed by atoms with E-state index < -0.39 is 34.5 Å². The summed E-state index contributed by atoms with van der Waals surface area (Å²) < 4.78 is 36.9. The van der Waals surface area contributed by atoms with Gasteiger partial charge in [-0.1, -0.05) is 18.2 Å². The molecular formula is C20H24N2O6S. The second-order valence-corrected chi connectivity index (χ2v) is 8.16. The molecule has 0 aliphatic carbocycles. The zero-order valence-corrected chi connectivity index (χ0v) is 17.5. The molecule has 9 heteroatoms. The van der Waals surface area contributed by atoms with Crippen molar-refractivity contribution < 1.29 is 27.5 Å². The molecular weight excluding hydrogens is 396 g/mol. The number of carbonyl (C=O) groups is 2. The predicted molar refractivity (Wildman–Crippen MR) is 108 cm³/mol. The summed E-state index contributed by atoms with van der Waals surface area (Å²) in [6.45, 7) is 4.52. The molecule has 8 nitrogen and oxygen atoms in total. The van der Waals surface area contributed by atoms with Gasteiger partial charge in [0.25, 0.3) is 5.91 Å².